The number of hydrogen-bond acceptors (Lipinski definition) is 7. The molecular formula is C27H32N4O4. The van der Waals surface area contributed by atoms with Crippen LogP contribution in [0.15, 0.2) is 54.7 Å². The Bertz CT molecular complexity index is 1120. The summed E-state index contributed by atoms with van der Waals surface area (Å²) in [5.41, 5.74) is 2.66. The largest absolute Gasteiger partial charge is 0.493 e. The summed E-state index contributed by atoms with van der Waals surface area (Å²) in [6.45, 7) is 4.69. The Balaban J connectivity index is 1.49. The van der Waals surface area contributed by atoms with E-state index in [2.05, 4.69) is 16.8 Å². The van der Waals surface area contributed by atoms with Crippen molar-refractivity contribution in [2.45, 2.75) is 19.3 Å². The van der Waals surface area contributed by atoms with Gasteiger partial charge in [0, 0.05) is 37.9 Å². The number of carbonyl (C=O) groups excluding carboxylic acids is 1. The van der Waals surface area contributed by atoms with Crippen LogP contribution in [-0.2, 0) is 4.79 Å². The van der Waals surface area contributed by atoms with Crippen LogP contribution >= 0.6 is 0 Å². The first-order valence-electron chi connectivity index (χ1n) is 11.8. The predicted molar refractivity (Wildman–Crippen MR) is 135 cm³/mol. The quantitative estimate of drug-likeness (QED) is 0.486. The van der Waals surface area contributed by atoms with Gasteiger partial charge in [0.2, 0.25) is 17.6 Å². The first-order chi connectivity index (χ1) is 17.1. The van der Waals surface area contributed by atoms with Crippen molar-refractivity contribution < 1.29 is 19.0 Å². The van der Waals surface area contributed by atoms with Crippen molar-refractivity contribution in [2.75, 3.05) is 52.4 Å². The van der Waals surface area contributed by atoms with E-state index < -0.39 is 0 Å². The Morgan fingerprint density at radius 1 is 0.943 bits per heavy atom. The number of methoxy groups -OCH3 is 3. The number of ether oxygens (including phenoxy) is 3. The van der Waals surface area contributed by atoms with E-state index in [1.165, 1.54) is 0 Å². The molecule has 0 aliphatic carbocycles. The third-order valence-corrected chi connectivity index (χ3v) is 6.39. The predicted octanol–water partition coefficient (Wildman–Crippen LogP) is 4.01. The van der Waals surface area contributed by atoms with Crippen molar-refractivity contribution in [3.63, 3.8) is 0 Å². The Morgan fingerprint density at radius 2 is 1.60 bits per heavy atom. The van der Waals surface area contributed by atoms with Gasteiger partial charge < -0.3 is 24.0 Å². The summed E-state index contributed by atoms with van der Waals surface area (Å²) in [5, 5.41) is 0. The van der Waals surface area contributed by atoms with Crippen LogP contribution in [-0.4, -0.2) is 68.3 Å². The summed E-state index contributed by atoms with van der Waals surface area (Å²) in [6, 6.07) is 15.6. The number of anilines is 1. The summed E-state index contributed by atoms with van der Waals surface area (Å²) in [5.74, 6) is 2.39. The minimum atomic E-state index is -0.109. The molecule has 1 aliphatic rings. The Morgan fingerprint density at radius 3 is 2.17 bits per heavy atom. The van der Waals surface area contributed by atoms with Gasteiger partial charge in [0.15, 0.2) is 11.5 Å². The third kappa shape index (κ3) is 5.16. The summed E-state index contributed by atoms with van der Waals surface area (Å²) in [4.78, 5) is 26.6. The molecule has 4 rings (SSSR count). The lowest BCUT2D eigenvalue weighted by molar-refractivity contribution is -0.133. The maximum absolute atomic E-state index is 13.2. The molecule has 1 atom stereocenters. The lowest BCUT2D eigenvalue weighted by Gasteiger charge is -2.36. The van der Waals surface area contributed by atoms with E-state index in [0.717, 1.165) is 23.2 Å². The van der Waals surface area contributed by atoms with Gasteiger partial charge in [0.1, 0.15) is 0 Å². The molecule has 1 saturated heterocycles. The first-order valence-corrected chi connectivity index (χ1v) is 11.8. The zero-order valence-corrected chi connectivity index (χ0v) is 20.7. The monoisotopic (exact) mass is 476 g/mol. The highest BCUT2D eigenvalue weighted by atomic mass is 16.5. The molecule has 0 saturated carbocycles. The standard InChI is InChI=1S/C27H32N4O4/c1-5-21(19-9-7-6-8-10-19)26(32)30-13-15-31(16-14-30)27-28-12-11-22(29-27)20-17-23(33-2)25(35-4)24(18-20)34-3/h6-12,17-18,21H,5,13-16H2,1-4H3/t21-/m0/s1. The van der Waals surface area contributed by atoms with Crippen molar-refractivity contribution in [3.05, 3.63) is 60.3 Å². The Kier molecular flexibility index (Phi) is 7.70. The van der Waals surface area contributed by atoms with Crippen molar-refractivity contribution in [2.24, 2.45) is 0 Å². The molecule has 1 aliphatic heterocycles. The highest BCUT2D eigenvalue weighted by Gasteiger charge is 2.28. The van der Waals surface area contributed by atoms with Gasteiger partial charge in [0.05, 0.1) is 32.9 Å². The Labute approximate surface area is 206 Å². The van der Waals surface area contributed by atoms with Crippen molar-refractivity contribution in [1.82, 2.24) is 14.9 Å². The molecule has 8 heteroatoms. The Hall–Kier alpha value is -3.81. The normalized spacial score (nSPS) is 14.4. The number of benzene rings is 2. The number of nitrogens with zero attached hydrogens (tertiary/aromatic N) is 4. The van der Waals surface area contributed by atoms with Gasteiger partial charge in [-0.05, 0) is 30.2 Å². The fraction of sp³-hybridized carbons (Fsp3) is 0.370. The molecule has 0 spiro atoms. The second-order valence-corrected chi connectivity index (χ2v) is 8.34. The van der Waals surface area contributed by atoms with Crippen LogP contribution < -0.4 is 19.1 Å². The number of rotatable bonds is 8. The van der Waals surface area contributed by atoms with Gasteiger partial charge in [-0.3, -0.25) is 4.79 Å². The molecule has 2 aromatic carbocycles. The van der Waals surface area contributed by atoms with Crippen LogP contribution in [0.1, 0.15) is 24.8 Å². The summed E-state index contributed by atoms with van der Waals surface area (Å²) in [7, 11) is 4.76. The van der Waals surface area contributed by atoms with Crippen LogP contribution in [0.4, 0.5) is 5.95 Å². The average molecular weight is 477 g/mol. The molecule has 35 heavy (non-hydrogen) atoms. The van der Waals surface area contributed by atoms with E-state index in [-0.39, 0.29) is 11.8 Å². The molecule has 184 valence electrons. The van der Waals surface area contributed by atoms with E-state index >= 15 is 0 Å². The molecular weight excluding hydrogens is 444 g/mol. The molecule has 1 amide bonds. The van der Waals surface area contributed by atoms with E-state index in [1.807, 2.05) is 53.4 Å². The van der Waals surface area contributed by atoms with Crippen molar-refractivity contribution in [1.29, 1.82) is 0 Å². The molecule has 0 N–H and O–H groups in total. The van der Waals surface area contributed by atoms with E-state index in [1.54, 1.807) is 27.5 Å². The van der Waals surface area contributed by atoms with Gasteiger partial charge >= 0.3 is 0 Å². The van der Waals surface area contributed by atoms with Gasteiger partial charge in [-0.2, -0.15) is 0 Å². The molecule has 0 radical (unpaired) electrons. The second-order valence-electron chi connectivity index (χ2n) is 8.34. The van der Waals surface area contributed by atoms with Gasteiger partial charge in [-0.15, -0.1) is 0 Å². The molecule has 0 unspecified atom stereocenters. The van der Waals surface area contributed by atoms with Crippen LogP contribution in [0.3, 0.4) is 0 Å². The zero-order valence-electron chi connectivity index (χ0n) is 20.7. The highest BCUT2D eigenvalue weighted by molar-refractivity contribution is 5.84. The summed E-state index contributed by atoms with van der Waals surface area (Å²) in [6.07, 6.45) is 2.53. The fourth-order valence-corrected chi connectivity index (χ4v) is 4.48. The van der Waals surface area contributed by atoms with Crippen molar-refractivity contribution in [3.8, 4) is 28.5 Å². The summed E-state index contributed by atoms with van der Waals surface area (Å²) >= 11 is 0. The zero-order chi connectivity index (χ0) is 24.8. The maximum atomic E-state index is 13.2. The minimum absolute atomic E-state index is 0.109. The number of amides is 1. The van der Waals surface area contributed by atoms with Crippen LogP contribution in [0.2, 0.25) is 0 Å². The van der Waals surface area contributed by atoms with Crippen LogP contribution in [0.25, 0.3) is 11.3 Å². The molecule has 0 bridgehead atoms. The number of aromatic nitrogens is 2. The average Bonchev–Trinajstić information content (AvgIpc) is 2.93. The molecule has 8 nitrogen and oxygen atoms in total. The molecule has 1 fully saturated rings. The number of hydrogen-bond donors (Lipinski definition) is 0. The van der Waals surface area contributed by atoms with Gasteiger partial charge in [-0.1, -0.05) is 37.3 Å². The van der Waals surface area contributed by atoms with E-state index in [9.17, 15) is 4.79 Å². The van der Waals surface area contributed by atoms with Gasteiger partial charge in [-0.25, -0.2) is 9.97 Å². The fourth-order valence-electron chi connectivity index (χ4n) is 4.48. The first kappa shape index (κ1) is 24.3. The van der Waals surface area contributed by atoms with Gasteiger partial charge in [0.25, 0.3) is 0 Å². The minimum Gasteiger partial charge on any atom is -0.493 e. The molecule has 2 heterocycles. The summed E-state index contributed by atoms with van der Waals surface area (Å²) < 4.78 is 16.4. The molecule has 1 aromatic heterocycles. The smallest absolute Gasteiger partial charge is 0.230 e. The SMILES string of the molecule is CC[C@H](C(=O)N1CCN(c2nccc(-c3cc(OC)c(OC)c(OC)c3)n2)CC1)c1ccccc1. The second kappa shape index (κ2) is 11.1. The maximum Gasteiger partial charge on any atom is 0.230 e. The lowest BCUT2D eigenvalue weighted by Crippen LogP contribution is -2.50. The highest BCUT2D eigenvalue weighted by Crippen LogP contribution is 2.41. The van der Waals surface area contributed by atoms with Crippen LogP contribution in [0, 0.1) is 0 Å². The van der Waals surface area contributed by atoms with Crippen LogP contribution in [0.5, 0.6) is 17.2 Å². The van der Waals surface area contributed by atoms with E-state index in [0.29, 0.717) is 49.4 Å². The van der Waals surface area contributed by atoms with Crippen molar-refractivity contribution >= 4 is 11.9 Å². The lowest BCUT2D eigenvalue weighted by atomic mass is 9.95. The number of carbonyl (C=O) groups is 1. The topological polar surface area (TPSA) is 77.0 Å². The number of piperazine rings is 1. The third-order valence-electron chi connectivity index (χ3n) is 6.39. The molecule has 3 aromatic rings. The van der Waals surface area contributed by atoms with E-state index in [4.69, 9.17) is 19.2 Å².